The molecule has 1 aliphatic rings. The highest BCUT2D eigenvalue weighted by Gasteiger charge is 2.50. The lowest BCUT2D eigenvalue weighted by Crippen LogP contribution is -2.29. The maximum Gasteiger partial charge on any atom is 0.416 e. The molecule has 5 rings (SSSR count). The number of carboxylic acid groups (broad SMARTS) is 1. The molecule has 0 unspecified atom stereocenters. The summed E-state index contributed by atoms with van der Waals surface area (Å²) >= 11 is 0. The minimum absolute atomic E-state index is 0.115. The second-order valence-electron chi connectivity index (χ2n) is 11.1. The molecule has 39 heavy (non-hydrogen) atoms. The highest BCUT2D eigenvalue weighted by molar-refractivity contribution is 5.85. The minimum Gasteiger partial charge on any atom is -0.481 e. The fourth-order valence-corrected chi connectivity index (χ4v) is 5.77. The number of aliphatic hydroxyl groups is 1. The van der Waals surface area contributed by atoms with E-state index in [9.17, 15) is 28.2 Å². The van der Waals surface area contributed by atoms with Crippen LogP contribution in [0.2, 0.25) is 0 Å². The molecule has 0 amide bonds. The number of carboxylic acids is 1. The minimum atomic E-state index is -4.53. The number of nitrogens with zero attached hydrogens (tertiary/aromatic N) is 3. The summed E-state index contributed by atoms with van der Waals surface area (Å²) in [6.45, 7) is 5.21. The number of imidazole rings is 1. The molecule has 4 N–H and O–H groups in total. The van der Waals surface area contributed by atoms with E-state index in [-0.39, 0.29) is 11.4 Å². The van der Waals surface area contributed by atoms with Gasteiger partial charge in [-0.2, -0.15) is 13.2 Å². The van der Waals surface area contributed by atoms with Crippen molar-refractivity contribution in [3.63, 3.8) is 0 Å². The number of carbonyl (C=O) groups is 1. The van der Waals surface area contributed by atoms with Gasteiger partial charge in [0.2, 0.25) is 0 Å². The van der Waals surface area contributed by atoms with Gasteiger partial charge in [-0.25, -0.2) is 9.97 Å². The quantitative estimate of drug-likeness (QED) is 0.297. The van der Waals surface area contributed by atoms with Gasteiger partial charge in [-0.3, -0.25) is 9.20 Å². The molecule has 1 fully saturated rings. The first-order valence-electron chi connectivity index (χ1n) is 12.5. The molecule has 10 heteroatoms. The van der Waals surface area contributed by atoms with Crippen molar-refractivity contribution >= 4 is 17.3 Å². The zero-order chi connectivity index (χ0) is 28.4. The molecule has 0 aliphatic heterocycles. The Morgan fingerprint density at radius 1 is 1.05 bits per heavy atom. The van der Waals surface area contributed by atoms with Gasteiger partial charge in [0.05, 0.1) is 11.0 Å². The molecule has 0 bridgehead atoms. The van der Waals surface area contributed by atoms with Crippen LogP contribution in [0.1, 0.15) is 62.5 Å². The topological polar surface area (TPSA) is 114 Å². The second kappa shape index (κ2) is 8.81. The van der Waals surface area contributed by atoms with E-state index in [0.717, 1.165) is 12.1 Å². The van der Waals surface area contributed by atoms with E-state index in [1.807, 2.05) is 11.3 Å². The Morgan fingerprint density at radius 2 is 1.72 bits per heavy atom. The van der Waals surface area contributed by atoms with E-state index in [4.69, 9.17) is 10.7 Å². The van der Waals surface area contributed by atoms with Gasteiger partial charge in [-0.1, -0.05) is 43.3 Å². The van der Waals surface area contributed by atoms with Crippen LogP contribution >= 0.6 is 0 Å². The summed E-state index contributed by atoms with van der Waals surface area (Å²) in [7, 11) is 0. The largest absolute Gasteiger partial charge is 0.481 e. The van der Waals surface area contributed by atoms with Crippen molar-refractivity contribution in [2.45, 2.75) is 57.2 Å². The van der Waals surface area contributed by atoms with Crippen molar-refractivity contribution in [3.8, 4) is 11.3 Å². The second-order valence-corrected chi connectivity index (χ2v) is 11.1. The van der Waals surface area contributed by atoms with Gasteiger partial charge in [0.1, 0.15) is 28.5 Å². The lowest BCUT2D eigenvalue weighted by Gasteiger charge is -2.25. The first-order valence-corrected chi connectivity index (χ1v) is 12.5. The third kappa shape index (κ3) is 4.42. The van der Waals surface area contributed by atoms with Crippen molar-refractivity contribution < 1.29 is 28.2 Å². The number of aromatic nitrogens is 3. The number of hydrogen-bond acceptors (Lipinski definition) is 5. The predicted octanol–water partition coefficient (Wildman–Crippen LogP) is 5.79. The van der Waals surface area contributed by atoms with Gasteiger partial charge in [0.25, 0.3) is 0 Å². The Kier molecular flexibility index (Phi) is 6.02. The fraction of sp³-hybridized carbons (Fsp3) is 0.345. The van der Waals surface area contributed by atoms with Crippen LogP contribution in [-0.2, 0) is 22.0 Å². The average Bonchev–Trinajstić information content (AvgIpc) is 3.44. The molecule has 2 aromatic carbocycles. The number of rotatable bonds is 5. The van der Waals surface area contributed by atoms with E-state index in [0.29, 0.717) is 47.4 Å². The van der Waals surface area contributed by atoms with E-state index in [1.54, 1.807) is 43.6 Å². The number of nitrogens with two attached hydrogens (primary N) is 1. The lowest BCUT2D eigenvalue weighted by atomic mass is 9.81. The monoisotopic (exact) mass is 538 g/mol. The zero-order valence-electron chi connectivity index (χ0n) is 21.8. The number of hydrogen-bond donors (Lipinski definition) is 3. The first-order chi connectivity index (χ1) is 18.2. The normalized spacial score (nSPS) is 23.2. The first kappa shape index (κ1) is 26.7. The Labute approximate surface area is 223 Å². The van der Waals surface area contributed by atoms with Crippen molar-refractivity contribution in [1.82, 2.24) is 14.4 Å². The Bertz CT molecular complexity index is 1580. The van der Waals surface area contributed by atoms with Gasteiger partial charge in [-0.15, -0.1) is 0 Å². The molecule has 4 aromatic rings. The molecule has 2 heterocycles. The summed E-state index contributed by atoms with van der Waals surface area (Å²) in [5.41, 5.74) is 4.69. The third-order valence-corrected chi connectivity index (χ3v) is 8.12. The van der Waals surface area contributed by atoms with E-state index in [1.165, 1.54) is 19.1 Å². The zero-order valence-corrected chi connectivity index (χ0v) is 21.8. The molecular formula is C29H29F3N4O3. The molecule has 0 saturated heterocycles. The molecule has 0 radical (unpaired) electrons. The van der Waals surface area contributed by atoms with Gasteiger partial charge in [0, 0.05) is 23.4 Å². The molecule has 7 nitrogen and oxygen atoms in total. The smallest absolute Gasteiger partial charge is 0.416 e. The number of nitrogen functional groups attached to an aromatic ring is 1. The number of benzene rings is 2. The van der Waals surface area contributed by atoms with Crippen LogP contribution in [0.3, 0.4) is 0 Å². The van der Waals surface area contributed by atoms with Gasteiger partial charge < -0.3 is 15.9 Å². The molecule has 3 atom stereocenters. The van der Waals surface area contributed by atoms with Crippen LogP contribution < -0.4 is 5.73 Å². The summed E-state index contributed by atoms with van der Waals surface area (Å²) in [6.07, 6.45) is 0.363. The summed E-state index contributed by atoms with van der Waals surface area (Å²) in [5, 5.41) is 21.0. The summed E-state index contributed by atoms with van der Waals surface area (Å²) in [4.78, 5) is 21.1. The third-order valence-electron chi connectivity index (χ3n) is 8.12. The highest BCUT2D eigenvalue weighted by atomic mass is 19.4. The number of alkyl halides is 3. The number of anilines is 1. The maximum absolute atomic E-state index is 13.2. The van der Waals surface area contributed by atoms with Crippen LogP contribution in [0.25, 0.3) is 16.8 Å². The van der Waals surface area contributed by atoms with Crippen LogP contribution in [-0.4, -0.2) is 30.6 Å². The van der Waals surface area contributed by atoms with Crippen molar-refractivity contribution in [2.75, 3.05) is 5.73 Å². The van der Waals surface area contributed by atoms with Gasteiger partial charge in [0.15, 0.2) is 0 Å². The molecule has 1 saturated carbocycles. The molecule has 1 aliphatic carbocycles. The highest BCUT2D eigenvalue weighted by Crippen LogP contribution is 2.51. The summed E-state index contributed by atoms with van der Waals surface area (Å²) < 4.78 is 41.6. The standard InChI is InChI=1S/C29H29F3N4O3/c1-26(11-12-27(2,16-26)25(37)38)24-35-21(22-23(33)34-13-14-36(22)24)17-7-9-18(10-8-17)28(3,39)19-5-4-6-20(15-19)29(30,31)32/h4-10,13-15,39H,11-12,16H2,1-3H3,(H2,33,34)(H,37,38)/t26-,27+,28+/m0/s1. The molecule has 204 valence electrons. The Morgan fingerprint density at radius 3 is 2.33 bits per heavy atom. The average molecular weight is 539 g/mol. The summed E-state index contributed by atoms with van der Waals surface area (Å²) in [5.74, 6) is 0.109. The van der Waals surface area contributed by atoms with Gasteiger partial charge >= 0.3 is 12.1 Å². The molecular weight excluding hydrogens is 509 g/mol. The SMILES string of the molecule is C[C@@]1(C(=O)O)CC[C@](C)(c2nc(-c3ccc([C@@](C)(O)c4cccc(C(F)(F)F)c4)cc3)c3c(N)nccn23)C1. The van der Waals surface area contributed by atoms with E-state index >= 15 is 0 Å². The van der Waals surface area contributed by atoms with Crippen molar-refractivity contribution in [1.29, 1.82) is 0 Å². The van der Waals surface area contributed by atoms with E-state index < -0.39 is 34.1 Å². The van der Waals surface area contributed by atoms with Crippen LogP contribution in [0, 0.1) is 5.41 Å². The lowest BCUT2D eigenvalue weighted by molar-refractivity contribution is -0.147. The van der Waals surface area contributed by atoms with Crippen molar-refractivity contribution in [2.24, 2.45) is 5.41 Å². The number of fused-ring (bicyclic) bond motifs is 1. The van der Waals surface area contributed by atoms with Crippen LogP contribution in [0.5, 0.6) is 0 Å². The number of halogens is 3. The van der Waals surface area contributed by atoms with Crippen LogP contribution in [0.4, 0.5) is 19.0 Å². The predicted molar refractivity (Wildman–Crippen MR) is 140 cm³/mol. The van der Waals surface area contributed by atoms with E-state index in [2.05, 4.69) is 4.98 Å². The Balaban J connectivity index is 1.56. The van der Waals surface area contributed by atoms with Crippen LogP contribution in [0.15, 0.2) is 60.9 Å². The van der Waals surface area contributed by atoms with Gasteiger partial charge in [-0.05, 0) is 56.4 Å². The van der Waals surface area contributed by atoms with Crippen molar-refractivity contribution in [3.05, 3.63) is 83.4 Å². The summed E-state index contributed by atoms with van der Waals surface area (Å²) in [6, 6.07) is 11.4. The maximum atomic E-state index is 13.2. The molecule has 2 aromatic heterocycles. The fourth-order valence-electron chi connectivity index (χ4n) is 5.77. The number of aliphatic carboxylic acids is 1. The molecule has 0 spiro atoms. The Hall–Kier alpha value is -3.92.